The van der Waals surface area contributed by atoms with Crippen LogP contribution in [0, 0.1) is 6.92 Å². The standard InChI is InChI=1S/C20H18N2O5S/c1-4-27-20(25)16-11(2)15-17(23)21-14(22-18(15)28-16)10-7-12-5-8-13(9-6-12)19(24)26-3/h5-10H,4H2,1-3H3,(H,21,22,23)/b10-7+. The van der Waals surface area contributed by atoms with E-state index < -0.39 is 11.9 Å². The molecule has 3 aromatic rings. The molecular formula is C20H18N2O5S. The molecule has 2 heterocycles. The lowest BCUT2D eigenvalue weighted by atomic mass is 10.1. The normalized spacial score (nSPS) is 11.1. The summed E-state index contributed by atoms with van der Waals surface area (Å²) >= 11 is 1.14. The third-order valence-electron chi connectivity index (χ3n) is 4.05. The Labute approximate surface area is 164 Å². The average Bonchev–Trinajstić information content (AvgIpc) is 3.03. The monoisotopic (exact) mass is 398 g/mol. The van der Waals surface area contributed by atoms with Crippen LogP contribution in [0.15, 0.2) is 29.1 Å². The first-order valence-corrected chi connectivity index (χ1v) is 9.33. The van der Waals surface area contributed by atoms with Gasteiger partial charge in [-0.05, 0) is 43.2 Å². The van der Waals surface area contributed by atoms with Crippen LogP contribution in [-0.4, -0.2) is 35.6 Å². The van der Waals surface area contributed by atoms with Crippen LogP contribution in [0.4, 0.5) is 0 Å². The zero-order valence-corrected chi connectivity index (χ0v) is 16.4. The molecule has 0 bridgehead atoms. The zero-order chi connectivity index (χ0) is 20.3. The van der Waals surface area contributed by atoms with Gasteiger partial charge in [0.15, 0.2) is 0 Å². The summed E-state index contributed by atoms with van der Waals surface area (Å²) in [5.41, 5.74) is 1.54. The number of fused-ring (bicyclic) bond motifs is 1. The quantitative estimate of drug-likeness (QED) is 0.661. The lowest BCUT2D eigenvalue weighted by molar-refractivity contribution is 0.0530. The number of hydrogen-bond acceptors (Lipinski definition) is 7. The number of nitrogens with one attached hydrogen (secondary N) is 1. The summed E-state index contributed by atoms with van der Waals surface area (Å²) in [6.07, 6.45) is 3.42. The Kier molecular flexibility index (Phi) is 5.70. The minimum absolute atomic E-state index is 0.263. The van der Waals surface area contributed by atoms with E-state index in [0.717, 1.165) is 16.9 Å². The number of carbonyl (C=O) groups excluding carboxylic acids is 2. The molecule has 0 aliphatic rings. The maximum absolute atomic E-state index is 12.5. The van der Waals surface area contributed by atoms with Crippen LogP contribution >= 0.6 is 11.3 Å². The number of nitrogens with zero attached hydrogens (tertiary/aromatic N) is 1. The van der Waals surface area contributed by atoms with Gasteiger partial charge in [0.25, 0.3) is 5.56 Å². The molecule has 0 aliphatic heterocycles. The first kappa shape index (κ1) is 19.5. The molecule has 0 spiro atoms. The van der Waals surface area contributed by atoms with Gasteiger partial charge >= 0.3 is 11.9 Å². The second-order valence-electron chi connectivity index (χ2n) is 5.85. The summed E-state index contributed by atoms with van der Waals surface area (Å²) in [7, 11) is 1.33. The largest absolute Gasteiger partial charge is 0.465 e. The number of thiophene rings is 1. The molecule has 0 saturated carbocycles. The van der Waals surface area contributed by atoms with Gasteiger partial charge in [-0.1, -0.05) is 18.2 Å². The summed E-state index contributed by atoms with van der Waals surface area (Å²) in [5.74, 6) is -0.492. The highest BCUT2D eigenvalue weighted by Crippen LogP contribution is 2.27. The molecule has 3 rings (SSSR count). The Bertz CT molecular complexity index is 1130. The topological polar surface area (TPSA) is 98.3 Å². The molecule has 0 unspecified atom stereocenters. The summed E-state index contributed by atoms with van der Waals surface area (Å²) in [4.78, 5) is 44.0. The Balaban J connectivity index is 1.91. The second kappa shape index (κ2) is 8.18. The van der Waals surface area contributed by atoms with E-state index in [2.05, 4.69) is 14.7 Å². The number of ether oxygens (including phenoxy) is 2. The predicted molar refractivity (Wildman–Crippen MR) is 108 cm³/mol. The molecular weight excluding hydrogens is 380 g/mol. The number of aromatic amines is 1. The van der Waals surface area contributed by atoms with E-state index >= 15 is 0 Å². The molecule has 1 N–H and O–H groups in total. The molecule has 8 heteroatoms. The molecule has 0 amide bonds. The first-order valence-electron chi connectivity index (χ1n) is 8.51. The van der Waals surface area contributed by atoms with E-state index in [1.54, 1.807) is 50.3 Å². The van der Waals surface area contributed by atoms with E-state index in [4.69, 9.17) is 4.74 Å². The fraction of sp³-hybridized carbons (Fsp3) is 0.200. The van der Waals surface area contributed by atoms with Crippen molar-refractivity contribution in [2.45, 2.75) is 13.8 Å². The second-order valence-corrected chi connectivity index (χ2v) is 6.85. The fourth-order valence-electron chi connectivity index (χ4n) is 2.65. The predicted octanol–water partition coefficient (Wildman–Crippen LogP) is 3.43. The molecule has 0 aliphatic carbocycles. The number of carbonyl (C=O) groups is 2. The molecule has 7 nitrogen and oxygen atoms in total. The lowest BCUT2D eigenvalue weighted by Crippen LogP contribution is -2.10. The molecule has 28 heavy (non-hydrogen) atoms. The number of H-pyrrole nitrogens is 1. The maximum atomic E-state index is 12.5. The Hall–Kier alpha value is -3.26. The summed E-state index contributed by atoms with van der Waals surface area (Å²) in [5, 5.41) is 0.396. The van der Waals surface area contributed by atoms with Gasteiger partial charge in [0, 0.05) is 0 Å². The molecule has 2 aromatic heterocycles. The number of esters is 2. The third kappa shape index (κ3) is 3.86. The van der Waals surface area contributed by atoms with Gasteiger partial charge in [0.1, 0.15) is 15.5 Å². The van der Waals surface area contributed by atoms with E-state index in [0.29, 0.717) is 32.0 Å². The van der Waals surface area contributed by atoms with Gasteiger partial charge in [0.05, 0.1) is 24.7 Å². The van der Waals surface area contributed by atoms with E-state index in [-0.39, 0.29) is 12.2 Å². The van der Waals surface area contributed by atoms with Crippen molar-refractivity contribution < 1.29 is 19.1 Å². The van der Waals surface area contributed by atoms with Gasteiger partial charge in [-0.2, -0.15) is 0 Å². The van der Waals surface area contributed by atoms with Crippen LogP contribution in [0.2, 0.25) is 0 Å². The Morgan fingerprint density at radius 2 is 1.89 bits per heavy atom. The van der Waals surface area contributed by atoms with Crippen LogP contribution in [0.25, 0.3) is 22.4 Å². The van der Waals surface area contributed by atoms with Gasteiger partial charge < -0.3 is 14.5 Å². The molecule has 1 aromatic carbocycles. The fourth-order valence-corrected chi connectivity index (χ4v) is 3.74. The van der Waals surface area contributed by atoms with Crippen molar-refractivity contribution in [1.29, 1.82) is 0 Å². The minimum atomic E-state index is -0.454. The number of aryl methyl sites for hydroxylation is 1. The zero-order valence-electron chi connectivity index (χ0n) is 15.6. The minimum Gasteiger partial charge on any atom is -0.465 e. The van der Waals surface area contributed by atoms with Crippen molar-refractivity contribution in [3.8, 4) is 0 Å². The van der Waals surface area contributed by atoms with Crippen LogP contribution in [0.3, 0.4) is 0 Å². The maximum Gasteiger partial charge on any atom is 0.348 e. The van der Waals surface area contributed by atoms with Crippen molar-refractivity contribution >= 4 is 45.6 Å². The van der Waals surface area contributed by atoms with Crippen molar-refractivity contribution in [1.82, 2.24) is 9.97 Å². The molecule has 0 fully saturated rings. The lowest BCUT2D eigenvalue weighted by Gasteiger charge is -1.99. The van der Waals surface area contributed by atoms with Crippen LogP contribution < -0.4 is 5.56 Å². The molecule has 0 atom stereocenters. The van der Waals surface area contributed by atoms with Crippen LogP contribution in [-0.2, 0) is 9.47 Å². The number of benzene rings is 1. The van der Waals surface area contributed by atoms with Crippen molar-refractivity contribution in [2.75, 3.05) is 13.7 Å². The van der Waals surface area contributed by atoms with Crippen LogP contribution in [0.1, 0.15) is 43.9 Å². The van der Waals surface area contributed by atoms with Crippen molar-refractivity contribution in [3.63, 3.8) is 0 Å². The van der Waals surface area contributed by atoms with Gasteiger partial charge in [-0.15, -0.1) is 11.3 Å². The molecule has 144 valence electrons. The van der Waals surface area contributed by atoms with Crippen molar-refractivity contribution in [2.24, 2.45) is 0 Å². The first-order chi connectivity index (χ1) is 13.4. The number of methoxy groups -OCH3 is 1. The molecule has 0 saturated heterocycles. The number of rotatable bonds is 5. The number of aromatic nitrogens is 2. The number of hydrogen-bond donors (Lipinski definition) is 1. The summed E-state index contributed by atoms with van der Waals surface area (Å²) in [6, 6.07) is 6.82. The smallest absolute Gasteiger partial charge is 0.348 e. The van der Waals surface area contributed by atoms with E-state index in [1.807, 2.05) is 0 Å². The third-order valence-corrected chi connectivity index (χ3v) is 5.21. The summed E-state index contributed by atoms with van der Waals surface area (Å²) < 4.78 is 9.70. The van der Waals surface area contributed by atoms with Gasteiger partial charge in [-0.25, -0.2) is 14.6 Å². The van der Waals surface area contributed by atoms with Gasteiger partial charge in [-0.3, -0.25) is 4.79 Å². The Morgan fingerprint density at radius 1 is 1.18 bits per heavy atom. The highest BCUT2D eigenvalue weighted by Gasteiger charge is 2.19. The van der Waals surface area contributed by atoms with Gasteiger partial charge in [0.2, 0.25) is 0 Å². The van der Waals surface area contributed by atoms with Crippen LogP contribution in [0.5, 0.6) is 0 Å². The molecule has 0 radical (unpaired) electrons. The van der Waals surface area contributed by atoms with Crippen molar-refractivity contribution in [3.05, 3.63) is 62.0 Å². The van der Waals surface area contributed by atoms with E-state index in [9.17, 15) is 14.4 Å². The van der Waals surface area contributed by atoms with E-state index in [1.165, 1.54) is 7.11 Å². The highest BCUT2D eigenvalue weighted by molar-refractivity contribution is 7.20. The SMILES string of the molecule is CCOC(=O)c1sc2nc(/C=C/c3ccc(C(=O)OC)cc3)[nH]c(=O)c2c1C. The summed E-state index contributed by atoms with van der Waals surface area (Å²) in [6.45, 7) is 3.70. The average molecular weight is 398 g/mol. The Morgan fingerprint density at radius 3 is 2.54 bits per heavy atom. The highest BCUT2D eigenvalue weighted by atomic mass is 32.1.